The van der Waals surface area contributed by atoms with E-state index in [0.29, 0.717) is 0 Å². The SMILES string of the molecule is O[C@H]1CCCC[C@@H]1NCl. The van der Waals surface area contributed by atoms with Crippen LogP contribution in [0.2, 0.25) is 0 Å². The van der Waals surface area contributed by atoms with Gasteiger partial charge in [0.1, 0.15) is 0 Å². The van der Waals surface area contributed by atoms with Crippen molar-refractivity contribution >= 4 is 11.8 Å². The van der Waals surface area contributed by atoms with E-state index in [1.807, 2.05) is 0 Å². The molecule has 0 radical (unpaired) electrons. The summed E-state index contributed by atoms with van der Waals surface area (Å²) in [6.45, 7) is 0. The molecule has 3 heteroatoms. The molecule has 9 heavy (non-hydrogen) atoms. The van der Waals surface area contributed by atoms with Gasteiger partial charge in [-0.3, -0.25) is 0 Å². The third-order valence-corrected chi connectivity index (χ3v) is 2.15. The Hall–Kier alpha value is 0.210. The summed E-state index contributed by atoms with van der Waals surface area (Å²) in [6, 6.07) is 0.125. The molecule has 0 aromatic heterocycles. The van der Waals surface area contributed by atoms with Gasteiger partial charge >= 0.3 is 0 Å². The molecule has 0 aliphatic heterocycles. The summed E-state index contributed by atoms with van der Waals surface area (Å²) in [7, 11) is 0. The van der Waals surface area contributed by atoms with E-state index in [4.69, 9.17) is 11.8 Å². The average molecular weight is 150 g/mol. The van der Waals surface area contributed by atoms with Crippen molar-refractivity contribution in [1.29, 1.82) is 0 Å². The molecule has 1 saturated carbocycles. The lowest BCUT2D eigenvalue weighted by molar-refractivity contribution is 0.102. The van der Waals surface area contributed by atoms with E-state index in [0.717, 1.165) is 19.3 Å². The van der Waals surface area contributed by atoms with Crippen LogP contribution in [-0.4, -0.2) is 17.3 Å². The predicted molar refractivity (Wildman–Crippen MR) is 37.3 cm³/mol. The molecule has 0 bridgehead atoms. The van der Waals surface area contributed by atoms with E-state index in [-0.39, 0.29) is 12.1 Å². The van der Waals surface area contributed by atoms with E-state index in [1.54, 1.807) is 0 Å². The molecule has 0 heterocycles. The van der Waals surface area contributed by atoms with E-state index >= 15 is 0 Å². The van der Waals surface area contributed by atoms with Crippen molar-refractivity contribution < 1.29 is 5.11 Å². The standard InChI is InChI=1S/C6H12ClNO/c7-8-5-3-1-2-4-6(5)9/h5-6,8-9H,1-4H2/t5-,6-/m0/s1. The fraction of sp³-hybridized carbons (Fsp3) is 1.00. The van der Waals surface area contributed by atoms with Crippen molar-refractivity contribution in [3.05, 3.63) is 0 Å². The van der Waals surface area contributed by atoms with Gasteiger partial charge in [-0.2, -0.15) is 0 Å². The van der Waals surface area contributed by atoms with Gasteiger partial charge in [0.05, 0.1) is 6.10 Å². The first-order chi connectivity index (χ1) is 4.34. The summed E-state index contributed by atoms with van der Waals surface area (Å²) in [5, 5.41) is 9.22. The molecular weight excluding hydrogens is 138 g/mol. The molecule has 0 spiro atoms. The van der Waals surface area contributed by atoms with Crippen LogP contribution < -0.4 is 4.84 Å². The normalized spacial score (nSPS) is 36.7. The molecule has 0 aromatic carbocycles. The topological polar surface area (TPSA) is 32.3 Å². The summed E-state index contributed by atoms with van der Waals surface area (Å²) in [5.41, 5.74) is 0. The maximum Gasteiger partial charge on any atom is 0.0705 e. The van der Waals surface area contributed by atoms with Crippen LogP contribution in [0.1, 0.15) is 25.7 Å². The highest BCUT2D eigenvalue weighted by Gasteiger charge is 2.21. The van der Waals surface area contributed by atoms with Crippen LogP contribution in [0.4, 0.5) is 0 Å². The lowest BCUT2D eigenvalue weighted by atomic mass is 9.93. The van der Waals surface area contributed by atoms with Crippen LogP contribution in [-0.2, 0) is 0 Å². The molecule has 0 amide bonds. The first-order valence-electron chi connectivity index (χ1n) is 3.39. The second kappa shape index (κ2) is 3.40. The molecule has 1 fully saturated rings. The van der Waals surface area contributed by atoms with Crippen molar-refractivity contribution in [3.8, 4) is 0 Å². The number of halogens is 1. The Morgan fingerprint density at radius 3 is 2.44 bits per heavy atom. The number of aliphatic hydroxyl groups is 1. The molecule has 2 atom stereocenters. The average Bonchev–Trinajstić information content (AvgIpc) is 1.89. The second-order valence-corrected chi connectivity index (χ2v) is 2.79. The highest BCUT2D eigenvalue weighted by Crippen LogP contribution is 2.18. The summed E-state index contributed by atoms with van der Waals surface area (Å²) in [4.78, 5) is 2.58. The number of hydrogen-bond donors (Lipinski definition) is 2. The van der Waals surface area contributed by atoms with E-state index in [1.165, 1.54) is 6.42 Å². The monoisotopic (exact) mass is 149 g/mol. The first-order valence-corrected chi connectivity index (χ1v) is 3.76. The van der Waals surface area contributed by atoms with Gasteiger partial charge in [-0.05, 0) is 24.6 Å². The Bertz CT molecular complexity index is 89.1. The van der Waals surface area contributed by atoms with Gasteiger partial charge in [-0.15, -0.1) is 0 Å². The number of aliphatic hydroxyl groups excluding tert-OH is 1. The zero-order valence-electron chi connectivity index (χ0n) is 5.31. The minimum Gasteiger partial charge on any atom is -0.391 e. The molecule has 1 aliphatic rings. The van der Waals surface area contributed by atoms with Gasteiger partial charge in [-0.25, -0.2) is 4.84 Å². The lowest BCUT2D eigenvalue weighted by Gasteiger charge is -2.25. The molecule has 54 valence electrons. The maximum absolute atomic E-state index is 9.22. The third-order valence-electron chi connectivity index (χ3n) is 1.87. The molecule has 1 aliphatic carbocycles. The molecule has 0 saturated heterocycles. The Morgan fingerprint density at radius 1 is 1.33 bits per heavy atom. The number of rotatable bonds is 1. The summed E-state index contributed by atoms with van der Waals surface area (Å²) < 4.78 is 0. The quantitative estimate of drug-likeness (QED) is 0.546. The minimum atomic E-state index is -0.226. The van der Waals surface area contributed by atoms with Crippen molar-refractivity contribution in [2.24, 2.45) is 0 Å². The van der Waals surface area contributed by atoms with Crippen molar-refractivity contribution in [3.63, 3.8) is 0 Å². The van der Waals surface area contributed by atoms with Gasteiger partial charge in [0.15, 0.2) is 0 Å². The molecule has 2 N–H and O–H groups in total. The highest BCUT2D eigenvalue weighted by molar-refractivity contribution is 6.13. The molecule has 2 nitrogen and oxygen atoms in total. The largest absolute Gasteiger partial charge is 0.391 e. The smallest absolute Gasteiger partial charge is 0.0705 e. The van der Waals surface area contributed by atoms with Gasteiger partial charge < -0.3 is 5.11 Å². The first kappa shape index (κ1) is 7.32. The fourth-order valence-corrected chi connectivity index (χ4v) is 1.49. The number of nitrogens with one attached hydrogen (secondary N) is 1. The van der Waals surface area contributed by atoms with Crippen molar-refractivity contribution in [1.82, 2.24) is 4.84 Å². The minimum absolute atomic E-state index is 0.125. The molecule has 0 unspecified atom stereocenters. The Balaban J connectivity index is 2.30. The molecule has 0 aromatic rings. The fourth-order valence-electron chi connectivity index (χ4n) is 1.24. The van der Waals surface area contributed by atoms with Gasteiger partial charge in [0, 0.05) is 6.04 Å². The summed E-state index contributed by atoms with van der Waals surface area (Å²) in [5.74, 6) is 0. The summed E-state index contributed by atoms with van der Waals surface area (Å²) >= 11 is 5.37. The van der Waals surface area contributed by atoms with E-state index in [9.17, 15) is 5.11 Å². The Kier molecular flexibility index (Phi) is 2.76. The van der Waals surface area contributed by atoms with Crippen molar-refractivity contribution in [2.45, 2.75) is 37.8 Å². The van der Waals surface area contributed by atoms with Crippen LogP contribution in [0, 0.1) is 0 Å². The zero-order valence-corrected chi connectivity index (χ0v) is 6.06. The van der Waals surface area contributed by atoms with Crippen LogP contribution in [0.3, 0.4) is 0 Å². The summed E-state index contributed by atoms with van der Waals surface area (Å²) in [6.07, 6.45) is 3.99. The van der Waals surface area contributed by atoms with Crippen molar-refractivity contribution in [2.75, 3.05) is 0 Å². The van der Waals surface area contributed by atoms with E-state index < -0.39 is 0 Å². The second-order valence-electron chi connectivity index (χ2n) is 2.57. The van der Waals surface area contributed by atoms with Gasteiger partial charge in [0.2, 0.25) is 0 Å². The predicted octanol–water partition coefficient (Wildman–Crippen LogP) is 1.03. The lowest BCUT2D eigenvalue weighted by Crippen LogP contribution is -2.37. The van der Waals surface area contributed by atoms with E-state index in [2.05, 4.69) is 4.84 Å². The van der Waals surface area contributed by atoms with Crippen LogP contribution in [0.5, 0.6) is 0 Å². The molecule has 1 rings (SSSR count). The van der Waals surface area contributed by atoms with Crippen LogP contribution in [0.15, 0.2) is 0 Å². The van der Waals surface area contributed by atoms with Gasteiger partial charge in [-0.1, -0.05) is 12.8 Å². The Morgan fingerprint density at radius 2 is 2.00 bits per heavy atom. The van der Waals surface area contributed by atoms with Crippen LogP contribution in [0.25, 0.3) is 0 Å². The Labute approximate surface area is 60.3 Å². The zero-order chi connectivity index (χ0) is 6.69. The number of hydrogen-bond acceptors (Lipinski definition) is 2. The maximum atomic E-state index is 9.22. The third kappa shape index (κ3) is 1.81. The molecular formula is C6H12ClNO. The highest BCUT2D eigenvalue weighted by atomic mass is 35.5. The van der Waals surface area contributed by atoms with Gasteiger partial charge in [0.25, 0.3) is 0 Å². The van der Waals surface area contributed by atoms with Crippen LogP contribution >= 0.6 is 11.8 Å².